The average molecular weight is 1580 g/mol. The van der Waals surface area contributed by atoms with Gasteiger partial charge in [0.05, 0.1) is 63.0 Å². The van der Waals surface area contributed by atoms with Gasteiger partial charge in [-0.05, 0) is 59.5 Å². The maximum Gasteiger partial charge on any atom is 0.358 e. The van der Waals surface area contributed by atoms with Crippen molar-refractivity contribution in [3.8, 4) is 38.4 Å². The standard InChI is InChI=1S/C68H74N16O19S5/c1-29(85)46-60(92)79-47(30(2)96-7)63-74-41(27-106-63)59(91)80-50-52-53(103-44-18-68(4)54(31(3)102-44)82(6)28-101-68)67(94)99-20-32-9-8-10-42-45(32)34(21-98-52)51(84(42)95)66(93)100-22-36(71-57(89)39-26-108-65(50)76-39)62-72-37(23-105-62)48-33(61-73-40(24-104-61)58(90)78-46)17-43(86)49(77-48)64-75-38(25-107-64)56(88)70-35(55(69)87)19-81(5)11-12-83-13-15-97-16-14-83/h8-10,17,23-27,29,31,35-36,44,46,50,52-54,85-86,95H,11-16,18-22,28H2,1-7H3,(H2,69,87)(H,70,88)(H,71,89)(H,78,90)(H,79,92)(H,80,91)/b47-30+. The fourth-order valence-corrected chi connectivity index (χ4v) is 17.9. The van der Waals surface area contributed by atoms with Crippen LogP contribution in [0.2, 0.25) is 0 Å². The molecular formula is C68H74N16O19S5. The summed E-state index contributed by atoms with van der Waals surface area (Å²) in [6.07, 6.45) is -6.78. The predicted molar refractivity (Wildman–Crippen MR) is 387 cm³/mol. The number of likely N-dealkylation sites (N-methyl/N-ethyl adjacent to an activating group) is 2. The summed E-state index contributed by atoms with van der Waals surface area (Å²) in [6.45, 7) is 9.13. The number of aliphatic hydroxyl groups excluding tert-OH is 1. The molecule has 0 saturated carbocycles. The summed E-state index contributed by atoms with van der Waals surface area (Å²) in [7, 11) is 5.01. The van der Waals surface area contributed by atoms with Crippen molar-refractivity contribution in [2.75, 3.05) is 80.5 Å². The van der Waals surface area contributed by atoms with Gasteiger partial charge in [0.1, 0.15) is 126 Å². The minimum absolute atomic E-state index is 0.000959. The van der Waals surface area contributed by atoms with E-state index in [9.17, 15) is 34.6 Å². The van der Waals surface area contributed by atoms with E-state index < -0.39 is 139 Å². The number of ether oxygens (including phenoxy) is 8. The lowest BCUT2D eigenvalue weighted by atomic mass is 9.86. The minimum Gasteiger partial charge on any atom is -0.506 e. The van der Waals surface area contributed by atoms with Crippen molar-refractivity contribution >= 4 is 121 Å². The molecule has 35 nitrogen and oxygen atoms in total. The number of allylic oxidation sites excluding steroid dienone is 1. The number of esters is 2. The number of pyridine rings is 1. The Morgan fingerprint density at radius 2 is 1.56 bits per heavy atom. The molecule has 14 rings (SSSR count). The normalized spacial score (nSPS) is 25.0. The first-order valence-electron chi connectivity index (χ1n) is 34.0. The van der Waals surface area contributed by atoms with Gasteiger partial charge in [-0.2, -0.15) is 4.73 Å². The number of carbonyl (C=O) groups excluding carboxylic acids is 8. The number of hydrogen-bond donors (Lipinski definition) is 9. The van der Waals surface area contributed by atoms with Crippen molar-refractivity contribution in [3.05, 3.63) is 112 Å². The molecule has 0 spiro atoms. The van der Waals surface area contributed by atoms with Gasteiger partial charge in [-0.25, -0.2) is 39.5 Å². The van der Waals surface area contributed by atoms with E-state index in [2.05, 4.69) is 46.4 Å². The lowest BCUT2D eigenvalue weighted by Crippen LogP contribution is -2.58. The van der Waals surface area contributed by atoms with E-state index in [4.69, 9.17) is 58.6 Å². The number of nitrogens with one attached hydrogen (secondary N) is 5. The molecule has 570 valence electrons. The second-order valence-electron chi connectivity index (χ2n) is 26.7. The molecule has 7 aromatic heterocycles. The van der Waals surface area contributed by atoms with Gasteiger partial charge in [0.15, 0.2) is 18.1 Å². The van der Waals surface area contributed by atoms with Gasteiger partial charge in [0.2, 0.25) is 11.8 Å². The number of nitrogens with two attached hydrogens (primary N) is 1. The summed E-state index contributed by atoms with van der Waals surface area (Å²) in [5.74, 6) is -7.76. The van der Waals surface area contributed by atoms with Crippen molar-refractivity contribution in [1.82, 2.24) is 75.9 Å². The molecule has 6 aliphatic rings. The van der Waals surface area contributed by atoms with Crippen molar-refractivity contribution in [2.45, 2.75) is 114 Å². The molecule has 13 heterocycles. The SMILES string of the molecule is CO/C(C)=C1/NC(=O)C(C(C)O)NC(=O)c2csc(n2)-c2cc(O)c(-c3nc(C(=O)NC(CN(C)CCN4CCOCC4)C(N)=O)cs3)nc2-c2csc(n2)C2COC(=O)c3c4c5c(cccc5n3O)COC(=O)C(OC3CC5(C)OCN(C)C5C(C)O3)C(OC4)C(NC(=O)c3csc1n3)c1nc(cs1)C(=O)N2. The number of rotatable bonds is 13. The quantitative estimate of drug-likeness (QED) is 0.0454. The van der Waals surface area contributed by atoms with Gasteiger partial charge >= 0.3 is 11.9 Å². The number of amides is 6. The number of benzene rings is 1. The molecule has 0 radical (unpaired) electrons. The molecule has 3 saturated heterocycles. The molecule has 10 N–H and O–H groups in total. The Morgan fingerprint density at radius 1 is 0.861 bits per heavy atom. The van der Waals surface area contributed by atoms with Gasteiger partial charge in [-0.15, -0.1) is 56.7 Å². The van der Waals surface area contributed by atoms with Crippen LogP contribution >= 0.6 is 56.7 Å². The fraction of sp³-hybridized carbons (Fsp3) is 0.441. The van der Waals surface area contributed by atoms with Crippen molar-refractivity contribution in [1.29, 1.82) is 0 Å². The van der Waals surface area contributed by atoms with Crippen LogP contribution in [-0.2, 0) is 65.5 Å². The lowest BCUT2D eigenvalue weighted by Gasteiger charge is -2.45. The van der Waals surface area contributed by atoms with Crippen LogP contribution in [0.5, 0.6) is 5.75 Å². The number of carbonyl (C=O) groups is 8. The number of aromatic hydroxyl groups is 1. The Hall–Kier alpha value is -9.40. The number of thiazole rings is 5. The Labute approximate surface area is 634 Å². The van der Waals surface area contributed by atoms with E-state index in [0.29, 0.717) is 36.6 Å². The van der Waals surface area contributed by atoms with Gasteiger partial charge < -0.3 is 90.5 Å². The third kappa shape index (κ3) is 15.3. The Kier molecular flexibility index (Phi) is 21.9. The maximum atomic E-state index is 15.3. The van der Waals surface area contributed by atoms with Crippen LogP contribution in [0.3, 0.4) is 0 Å². The maximum absolute atomic E-state index is 15.3. The van der Waals surface area contributed by atoms with Crippen LogP contribution < -0.4 is 32.3 Å². The summed E-state index contributed by atoms with van der Waals surface area (Å²) in [5.41, 5.74) is 3.93. The largest absolute Gasteiger partial charge is 0.506 e. The van der Waals surface area contributed by atoms with Crippen LogP contribution in [0.25, 0.3) is 49.3 Å². The van der Waals surface area contributed by atoms with Crippen molar-refractivity contribution in [3.63, 3.8) is 0 Å². The van der Waals surface area contributed by atoms with Gasteiger partial charge in [-0.1, -0.05) is 12.1 Å². The van der Waals surface area contributed by atoms with E-state index >= 15 is 19.2 Å². The van der Waals surface area contributed by atoms with Crippen molar-refractivity contribution in [2.24, 2.45) is 5.73 Å². The summed E-state index contributed by atoms with van der Waals surface area (Å²) in [5, 5.41) is 56.7. The number of methoxy groups -OCH3 is 1. The third-order valence-corrected chi connectivity index (χ3v) is 23.8. The molecule has 6 aliphatic heterocycles. The molecule has 8 aromatic rings. The molecule has 108 heavy (non-hydrogen) atoms. The molecule has 12 bridgehead atoms. The summed E-state index contributed by atoms with van der Waals surface area (Å²) < 4.78 is 50.6. The highest BCUT2D eigenvalue weighted by Gasteiger charge is 2.54. The number of fused-ring (bicyclic) bond motifs is 16. The van der Waals surface area contributed by atoms with E-state index in [1.807, 2.05) is 30.7 Å². The van der Waals surface area contributed by atoms with Crippen LogP contribution in [0.1, 0.15) is 125 Å². The summed E-state index contributed by atoms with van der Waals surface area (Å²) in [6, 6.07) is -0.000200. The molecule has 3 fully saturated rings. The first-order valence-corrected chi connectivity index (χ1v) is 38.4. The number of aromatic nitrogens is 7. The number of primary amides is 1. The van der Waals surface area contributed by atoms with Crippen LogP contribution in [-0.4, -0.2) is 247 Å². The Bertz CT molecular complexity index is 4870. The van der Waals surface area contributed by atoms with Crippen molar-refractivity contribution < 1.29 is 91.7 Å². The zero-order valence-corrected chi connectivity index (χ0v) is 63.0. The highest BCUT2D eigenvalue weighted by Crippen LogP contribution is 2.44. The summed E-state index contributed by atoms with van der Waals surface area (Å²) >= 11 is 4.60. The topological polar surface area (TPSA) is 449 Å². The third-order valence-electron chi connectivity index (χ3n) is 19.3. The predicted octanol–water partition coefficient (Wildman–Crippen LogP) is 3.38. The zero-order valence-electron chi connectivity index (χ0n) is 58.9. The highest BCUT2D eigenvalue weighted by molar-refractivity contribution is 7.14. The molecule has 0 aliphatic carbocycles. The Morgan fingerprint density at radius 3 is 2.31 bits per heavy atom. The Balaban J connectivity index is 0.887. The lowest BCUT2D eigenvalue weighted by molar-refractivity contribution is -0.268. The first-order chi connectivity index (χ1) is 51.8. The van der Waals surface area contributed by atoms with Crippen LogP contribution in [0, 0.1) is 0 Å². The zero-order chi connectivity index (χ0) is 76.1. The second-order valence-corrected chi connectivity index (χ2v) is 31.1. The van der Waals surface area contributed by atoms with Crippen LogP contribution in [0.15, 0.2) is 56.9 Å². The number of nitrogens with zero attached hydrogens (tertiary/aromatic N) is 10. The molecule has 6 amide bonds. The second kappa shape index (κ2) is 31.3. The molecule has 11 unspecified atom stereocenters. The van der Waals surface area contributed by atoms with E-state index in [0.717, 1.165) is 69.8 Å². The van der Waals surface area contributed by atoms with E-state index in [1.165, 1.54) is 54.6 Å². The van der Waals surface area contributed by atoms with Crippen LogP contribution in [0.4, 0.5) is 0 Å². The number of cyclic esters (lactones) is 2. The van der Waals surface area contributed by atoms with E-state index in [1.54, 1.807) is 24.6 Å². The molecular weight excluding hydrogens is 1510 g/mol. The van der Waals surface area contributed by atoms with Gasteiger partial charge in [-0.3, -0.25) is 38.6 Å². The number of aliphatic hydroxyl groups is 1. The first kappa shape index (κ1) is 75.4. The van der Waals surface area contributed by atoms with Gasteiger partial charge in [0, 0.05) is 82.6 Å². The van der Waals surface area contributed by atoms with E-state index in [-0.39, 0.29) is 124 Å². The number of morpholine rings is 1. The monoisotopic (exact) mass is 1580 g/mol. The average Bonchev–Trinajstić information content (AvgIpc) is 1.61. The molecule has 40 heteroatoms. The number of hydrogen-bond acceptors (Lipinski definition) is 33. The van der Waals surface area contributed by atoms with Gasteiger partial charge in [0.25, 0.3) is 23.6 Å². The minimum atomic E-state index is -1.85. The summed E-state index contributed by atoms with van der Waals surface area (Å²) in [4.78, 5) is 151. The molecule has 11 atom stereocenters. The smallest absolute Gasteiger partial charge is 0.358 e. The highest BCUT2D eigenvalue weighted by atomic mass is 32.1. The molecule has 1 aromatic carbocycles. The fourth-order valence-electron chi connectivity index (χ4n) is 13.8.